The van der Waals surface area contributed by atoms with Crippen LogP contribution in [0.15, 0.2) is 48.2 Å². The molecule has 24 heavy (non-hydrogen) atoms. The number of aromatic nitrogens is 3. The van der Waals surface area contributed by atoms with Crippen molar-refractivity contribution < 1.29 is 4.79 Å². The zero-order chi connectivity index (χ0) is 16.4. The van der Waals surface area contributed by atoms with Crippen molar-refractivity contribution in [2.24, 2.45) is 0 Å². The molecule has 0 fully saturated rings. The number of carbonyl (C=O) groups is 1. The average Bonchev–Trinajstić information content (AvgIpc) is 3.17. The van der Waals surface area contributed by atoms with Crippen LogP contribution in [0.2, 0.25) is 0 Å². The molecule has 0 aliphatic heterocycles. The van der Waals surface area contributed by atoms with Gasteiger partial charge in [0.15, 0.2) is 5.82 Å². The lowest BCUT2D eigenvalue weighted by atomic mass is 9.92. The van der Waals surface area contributed by atoms with E-state index in [9.17, 15) is 4.79 Å². The van der Waals surface area contributed by atoms with Gasteiger partial charge in [0.2, 0.25) is 0 Å². The molecule has 0 saturated carbocycles. The molecule has 1 aliphatic carbocycles. The van der Waals surface area contributed by atoms with Crippen LogP contribution in [0.1, 0.15) is 39.8 Å². The zero-order valence-corrected chi connectivity index (χ0v) is 13.8. The van der Waals surface area contributed by atoms with Crippen LogP contribution in [0.3, 0.4) is 0 Å². The fourth-order valence-electron chi connectivity index (χ4n) is 2.97. The van der Waals surface area contributed by atoms with Crippen molar-refractivity contribution in [1.82, 2.24) is 20.3 Å². The molecule has 0 aromatic carbocycles. The average molecular weight is 336 g/mol. The van der Waals surface area contributed by atoms with E-state index in [0.717, 1.165) is 41.0 Å². The number of hydrogen-bond acceptors (Lipinski definition) is 5. The first-order chi connectivity index (χ1) is 11.8. The molecule has 1 amide bonds. The molecular formula is C18H16N4OS. The third kappa shape index (κ3) is 2.92. The number of amides is 1. The third-order valence-electron chi connectivity index (χ3n) is 4.15. The van der Waals surface area contributed by atoms with Crippen molar-refractivity contribution in [2.75, 3.05) is 0 Å². The summed E-state index contributed by atoms with van der Waals surface area (Å²) in [5, 5.41) is 5.03. The van der Waals surface area contributed by atoms with Gasteiger partial charge in [-0.25, -0.2) is 9.97 Å². The first kappa shape index (κ1) is 15.0. The summed E-state index contributed by atoms with van der Waals surface area (Å²) >= 11 is 1.45. The van der Waals surface area contributed by atoms with Gasteiger partial charge in [0.05, 0.1) is 10.9 Å². The molecule has 1 N–H and O–H groups in total. The number of thiophene rings is 1. The molecule has 1 atom stereocenters. The lowest BCUT2D eigenvalue weighted by Crippen LogP contribution is -2.31. The molecule has 0 saturated heterocycles. The molecule has 120 valence electrons. The van der Waals surface area contributed by atoms with Gasteiger partial charge < -0.3 is 5.32 Å². The summed E-state index contributed by atoms with van der Waals surface area (Å²) in [6, 6.07) is 7.53. The molecule has 5 nitrogen and oxygen atoms in total. The second-order valence-corrected chi connectivity index (χ2v) is 6.68. The van der Waals surface area contributed by atoms with Crippen LogP contribution in [-0.2, 0) is 6.42 Å². The third-order valence-corrected chi connectivity index (χ3v) is 5.02. The summed E-state index contributed by atoms with van der Waals surface area (Å²) in [4.78, 5) is 26.4. The largest absolute Gasteiger partial charge is 0.344 e. The van der Waals surface area contributed by atoms with Gasteiger partial charge in [-0.15, -0.1) is 11.3 Å². The van der Waals surface area contributed by atoms with Crippen molar-refractivity contribution in [3.8, 4) is 11.4 Å². The van der Waals surface area contributed by atoms with E-state index in [1.54, 1.807) is 12.4 Å². The predicted molar refractivity (Wildman–Crippen MR) is 92.7 cm³/mol. The molecule has 3 aromatic heterocycles. The fraction of sp³-hybridized carbons (Fsp3) is 0.222. The highest BCUT2D eigenvalue weighted by Gasteiger charge is 2.24. The van der Waals surface area contributed by atoms with Gasteiger partial charge in [0.1, 0.15) is 0 Å². The lowest BCUT2D eigenvalue weighted by molar-refractivity contribution is 0.0936. The van der Waals surface area contributed by atoms with Crippen molar-refractivity contribution in [1.29, 1.82) is 0 Å². The van der Waals surface area contributed by atoms with Gasteiger partial charge in [-0.1, -0.05) is 6.07 Å². The smallest absolute Gasteiger partial charge is 0.261 e. The Labute approximate surface area is 143 Å². The van der Waals surface area contributed by atoms with E-state index >= 15 is 0 Å². The van der Waals surface area contributed by atoms with E-state index < -0.39 is 0 Å². The molecule has 0 radical (unpaired) electrons. The van der Waals surface area contributed by atoms with Crippen LogP contribution >= 0.6 is 11.3 Å². The Bertz CT molecular complexity index is 849. The topological polar surface area (TPSA) is 67.8 Å². The minimum Gasteiger partial charge on any atom is -0.344 e. The predicted octanol–water partition coefficient (Wildman–Crippen LogP) is 3.41. The molecule has 6 heteroatoms. The van der Waals surface area contributed by atoms with E-state index in [2.05, 4.69) is 15.3 Å². The maximum atomic E-state index is 12.3. The van der Waals surface area contributed by atoms with Crippen LogP contribution in [-0.4, -0.2) is 20.9 Å². The Morgan fingerprint density at radius 2 is 2.21 bits per heavy atom. The summed E-state index contributed by atoms with van der Waals surface area (Å²) in [6.45, 7) is 0. The number of pyridine rings is 1. The van der Waals surface area contributed by atoms with Crippen molar-refractivity contribution in [3.05, 3.63) is 64.4 Å². The number of hydrogen-bond donors (Lipinski definition) is 1. The van der Waals surface area contributed by atoms with Gasteiger partial charge in [0.25, 0.3) is 5.91 Å². The minimum atomic E-state index is -0.0285. The first-order valence-corrected chi connectivity index (χ1v) is 8.80. The quantitative estimate of drug-likeness (QED) is 0.796. The van der Waals surface area contributed by atoms with Gasteiger partial charge in [-0.05, 0) is 42.8 Å². The number of nitrogens with one attached hydrogen (secondary N) is 1. The Kier molecular flexibility index (Phi) is 4.04. The lowest BCUT2D eigenvalue weighted by Gasteiger charge is -2.25. The van der Waals surface area contributed by atoms with Gasteiger partial charge in [-0.2, -0.15) is 0 Å². The van der Waals surface area contributed by atoms with Crippen LogP contribution in [0.5, 0.6) is 0 Å². The Morgan fingerprint density at radius 3 is 3.00 bits per heavy atom. The fourth-order valence-corrected chi connectivity index (χ4v) is 3.59. The Morgan fingerprint density at radius 1 is 1.25 bits per heavy atom. The maximum absolute atomic E-state index is 12.3. The summed E-state index contributed by atoms with van der Waals surface area (Å²) in [5.74, 6) is 0.659. The standard InChI is InChI=1S/C18H16N4OS/c23-18(16-7-3-9-24-16)22-15-6-1-5-14-13(15)11-20-17(21-14)12-4-2-8-19-10-12/h2-4,7-11,15H,1,5-6H2,(H,22,23). The highest BCUT2D eigenvalue weighted by Crippen LogP contribution is 2.30. The van der Waals surface area contributed by atoms with Crippen LogP contribution in [0.25, 0.3) is 11.4 Å². The van der Waals surface area contributed by atoms with Crippen molar-refractivity contribution in [2.45, 2.75) is 25.3 Å². The SMILES string of the molecule is O=C(NC1CCCc2nc(-c3cccnc3)ncc21)c1cccs1. The first-order valence-electron chi connectivity index (χ1n) is 7.92. The van der Waals surface area contributed by atoms with E-state index in [1.807, 2.05) is 35.8 Å². The van der Waals surface area contributed by atoms with E-state index in [-0.39, 0.29) is 11.9 Å². The van der Waals surface area contributed by atoms with E-state index in [0.29, 0.717) is 5.82 Å². The highest BCUT2D eigenvalue weighted by molar-refractivity contribution is 7.12. The molecule has 3 aromatic rings. The number of rotatable bonds is 3. The molecule has 1 aliphatic rings. The van der Waals surface area contributed by atoms with E-state index in [4.69, 9.17) is 4.98 Å². The van der Waals surface area contributed by atoms with Crippen molar-refractivity contribution in [3.63, 3.8) is 0 Å². The molecular weight excluding hydrogens is 320 g/mol. The number of nitrogens with zero attached hydrogens (tertiary/aromatic N) is 3. The zero-order valence-electron chi connectivity index (χ0n) is 13.0. The summed E-state index contributed by atoms with van der Waals surface area (Å²) < 4.78 is 0. The maximum Gasteiger partial charge on any atom is 0.261 e. The summed E-state index contributed by atoms with van der Waals surface area (Å²) in [6.07, 6.45) is 8.18. The summed E-state index contributed by atoms with van der Waals surface area (Å²) in [5.41, 5.74) is 2.95. The Hall–Kier alpha value is -2.60. The molecule has 0 bridgehead atoms. The number of fused-ring (bicyclic) bond motifs is 1. The second-order valence-electron chi connectivity index (χ2n) is 5.73. The highest BCUT2D eigenvalue weighted by atomic mass is 32.1. The number of aryl methyl sites for hydroxylation is 1. The summed E-state index contributed by atoms with van der Waals surface area (Å²) in [7, 11) is 0. The monoisotopic (exact) mass is 336 g/mol. The van der Waals surface area contributed by atoms with Crippen LogP contribution in [0, 0.1) is 0 Å². The van der Waals surface area contributed by atoms with E-state index in [1.165, 1.54) is 11.3 Å². The van der Waals surface area contributed by atoms with Crippen molar-refractivity contribution >= 4 is 17.2 Å². The minimum absolute atomic E-state index is 0.0219. The van der Waals surface area contributed by atoms with Gasteiger partial charge in [-0.3, -0.25) is 9.78 Å². The molecule has 1 unspecified atom stereocenters. The van der Waals surface area contributed by atoms with Crippen LogP contribution in [0.4, 0.5) is 0 Å². The molecule has 3 heterocycles. The second kappa shape index (κ2) is 6.49. The van der Waals surface area contributed by atoms with Gasteiger partial charge >= 0.3 is 0 Å². The van der Waals surface area contributed by atoms with Crippen LogP contribution < -0.4 is 5.32 Å². The van der Waals surface area contributed by atoms with Gasteiger partial charge in [0, 0.05) is 35.4 Å². The number of carbonyl (C=O) groups excluding carboxylic acids is 1. The molecule has 4 rings (SSSR count). The molecule has 0 spiro atoms. The Balaban J connectivity index is 1.60. The normalized spacial score (nSPS) is 16.4.